The molecule has 20 heavy (non-hydrogen) atoms. The van der Waals surface area contributed by atoms with Crippen LogP contribution in [0, 0.1) is 12.3 Å². The number of carbonyl (C=O) groups excluding carboxylic acids is 1. The normalized spacial score (nSPS) is 12.6. The SMILES string of the molecule is C#CCNCC(=O)NC(C)c1ccc(C(F)(F)F)cc1. The molecule has 0 heterocycles. The molecule has 1 aromatic carbocycles. The summed E-state index contributed by atoms with van der Waals surface area (Å²) in [4.78, 5) is 11.5. The summed E-state index contributed by atoms with van der Waals surface area (Å²) in [5.74, 6) is 2.06. The van der Waals surface area contributed by atoms with Crippen molar-refractivity contribution in [3.05, 3.63) is 35.4 Å². The first-order valence-corrected chi connectivity index (χ1v) is 5.95. The average Bonchev–Trinajstić information content (AvgIpc) is 2.38. The Balaban J connectivity index is 2.58. The maximum absolute atomic E-state index is 12.4. The van der Waals surface area contributed by atoms with Crippen LogP contribution >= 0.6 is 0 Å². The predicted molar refractivity (Wildman–Crippen MR) is 69.7 cm³/mol. The molecule has 0 bridgehead atoms. The molecule has 1 aromatic rings. The van der Waals surface area contributed by atoms with E-state index in [1.54, 1.807) is 6.92 Å². The van der Waals surface area contributed by atoms with E-state index in [0.29, 0.717) is 5.56 Å². The molecular formula is C14H15F3N2O. The molecule has 0 aliphatic carbocycles. The number of amides is 1. The minimum Gasteiger partial charge on any atom is -0.348 e. The lowest BCUT2D eigenvalue weighted by Crippen LogP contribution is -2.35. The van der Waals surface area contributed by atoms with Crippen molar-refractivity contribution in [2.75, 3.05) is 13.1 Å². The molecule has 0 saturated heterocycles. The monoisotopic (exact) mass is 284 g/mol. The smallest absolute Gasteiger partial charge is 0.348 e. The Bertz CT molecular complexity index is 489. The predicted octanol–water partition coefficient (Wildman–Crippen LogP) is 2.11. The Labute approximate surface area is 115 Å². The highest BCUT2D eigenvalue weighted by molar-refractivity contribution is 5.78. The molecule has 0 saturated carbocycles. The van der Waals surface area contributed by atoms with Crippen molar-refractivity contribution in [1.82, 2.24) is 10.6 Å². The first kappa shape index (κ1) is 16.1. The number of rotatable bonds is 5. The lowest BCUT2D eigenvalue weighted by atomic mass is 10.1. The van der Waals surface area contributed by atoms with E-state index in [2.05, 4.69) is 16.6 Å². The number of hydrogen-bond donors (Lipinski definition) is 2. The minimum atomic E-state index is -4.36. The third-order valence-electron chi connectivity index (χ3n) is 2.63. The molecule has 0 aliphatic rings. The van der Waals surface area contributed by atoms with Gasteiger partial charge in [-0.05, 0) is 24.6 Å². The van der Waals surface area contributed by atoms with E-state index in [9.17, 15) is 18.0 Å². The van der Waals surface area contributed by atoms with Crippen LogP contribution in [0.2, 0.25) is 0 Å². The first-order valence-electron chi connectivity index (χ1n) is 5.95. The van der Waals surface area contributed by atoms with Gasteiger partial charge in [0, 0.05) is 0 Å². The van der Waals surface area contributed by atoms with Gasteiger partial charge in [0.25, 0.3) is 0 Å². The van der Waals surface area contributed by atoms with Gasteiger partial charge in [0.05, 0.1) is 24.7 Å². The topological polar surface area (TPSA) is 41.1 Å². The van der Waals surface area contributed by atoms with Crippen molar-refractivity contribution in [3.63, 3.8) is 0 Å². The fourth-order valence-corrected chi connectivity index (χ4v) is 1.58. The second-order valence-electron chi connectivity index (χ2n) is 4.22. The van der Waals surface area contributed by atoms with Crippen LogP contribution in [0.3, 0.4) is 0 Å². The lowest BCUT2D eigenvalue weighted by molar-refractivity contribution is -0.137. The van der Waals surface area contributed by atoms with Crippen LogP contribution in [0.4, 0.5) is 13.2 Å². The molecule has 6 heteroatoms. The quantitative estimate of drug-likeness (QED) is 0.642. The number of halogens is 3. The van der Waals surface area contributed by atoms with Gasteiger partial charge < -0.3 is 5.32 Å². The van der Waals surface area contributed by atoms with Crippen molar-refractivity contribution in [2.24, 2.45) is 0 Å². The van der Waals surface area contributed by atoms with Gasteiger partial charge in [-0.3, -0.25) is 10.1 Å². The van der Waals surface area contributed by atoms with E-state index in [4.69, 9.17) is 6.42 Å². The van der Waals surface area contributed by atoms with Crippen LogP contribution < -0.4 is 10.6 Å². The standard InChI is InChI=1S/C14H15F3N2O/c1-3-8-18-9-13(20)19-10(2)11-4-6-12(7-5-11)14(15,16)17/h1,4-7,10,18H,8-9H2,2H3,(H,19,20). The summed E-state index contributed by atoms with van der Waals surface area (Å²) in [6.07, 6.45) is 0.663. The van der Waals surface area contributed by atoms with Gasteiger partial charge in [0.1, 0.15) is 0 Å². The Kier molecular flexibility index (Phi) is 5.59. The number of nitrogens with one attached hydrogen (secondary N) is 2. The Morgan fingerprint density at radius 1 is 1.35 bits per heavy atom. The van der Waals surface area contributed by atoms with Gasteiger partial charge in [0.15, 0.2) is 0 Å². The van der Waals surface area contributed by atoms with Crippen molar-refractivity contribution in [3.8, 4) is 12.3 Å². The van der Waals surface area contributed by atoms with Gasteiger partial charge in [-0.2, -0.15) is 13.2 Å². The van der Waals surface area contributed by atoms with Crippen LogP contribution in [0.25, 0.3) is 0 Å². The molecule has 108 valence electrons. The molecular weight excluding hydrogens is 269 g/mol. The zero-order chi connectivity index (χ0) is 15.2. The van der Waals surface area contributed by atoms with E-state index < -0.39 is 11.7 Å². The second-order valence-corrected chi connectivity index (χ2v) is 4.22. The molecule has 0 aliphatic heterocycles. The molecule has 3 nitrogen and oxygen atoms in total. The maximum atomic E-state index is 12.4. The van der Waals surface area contributed by atoms with Crippen molar-refractivity contribution in [1.29, 1.82) is 0 Å². The van der Waals surface area contributed by atoms with Gasteiger partial charge in [-0.1, -0.05) is 18.1 Å². The van der Waals surface area contributed by atoms with Gasteiger partial charge >= 0.3 is 6.18 Å². The largest absolute Gasteiger partial charge is 0.416 e. The van der Waals surface area contributed by atoms with Crippen LogP contribution in [0.15, 0.2) is 24.3 Å². The molecule has 1 amide bonds. The first-order chi connectivity index (χ1) is 9.34. The number of hydrogen-bond acceptors (Lipinski definition) is 2. The third kappa shape index (κ3) is 4.94. The third-order valence-corrected chi connectivity index (χ3v) is 2.63. The fraction of sp³-hybridized carbons (Fsp3) is 0.357. The number of benzene rings is 1. The summed E-state index contributed by atoms with van der Waals surface area (Å²) in [5, 5.41) is 5.39. The summed E-state index contributed by atoms with van der Waals surface area (Å²) in [5.41, 5.74) is -0.112. The Morgan fingerprint density at radius 3 is 2.45 bits per heavy atom. The Hall–Kier alpha value is -2.00. The van der Waals surface area contributed by atoms with E-state index >= 15 is 0 Å². The van der Waals surface area contributed by atoms with Crippen molar-refractivity contribution in [2.45, 2.75) is 19.1 Å². The molecule has 0 radical (unpaired) electrons. The number of carbonyl (C=O) groups is 1. The lowest BCUT2D eigenvalue weighted by Gasteiger charge is -2.15. The van der Waals surface area contributed by atoms with Crippen molar-refractivity contribution < 1.29 is 18.0 Å². The molecule has 0 spiro atoms. The van der Waals surface area contributed by atoms with Gasteiger partial charge in [-0.15, -0.1) is 6.42 Å². The molecule has 1 rings (SSSR count). The molecule has 1 unspecified atom stereocenters. The van der Waals surface area contributed by atoms with E-state index in [1.807, 2.05) is 0 Å². The van der Waals surface area contributed by atoms with Gasteiger partial charge in [0.2, 0.25) is 5.91 Å². The fourth-order valence-electron chi connectivity index (χ4n) is 1.58. The number of alkyl halides is 3. The Morgan fingerprint density at radius 2 is 1.95 bits per heavy atom. The molecule has 2 N–H and O–H groups in total. The molecule has 1 atom stereocenters. The number of terminal acetylenes is 1. The van der Waals surface area contributed by atoms with E-state index in [0.717, 1.165) is 12.1 Å². The molecule has 0 fully saturated rings. The molecule has 0 aromatic heterocycles. The zero-order valence-electron chi connectivity index (χ0n) is 10.9. The second kappa shape index (κ2) is 6.96. The summed E-state index contributed by atoms with van der Waals surface area (Å²) >= 11 is 0. The van der Waals surface area contributed by atoms with E-state index in [-0.39, 0.29) is 25.0 Å². The average molecular weight is 284 g/mol. The van der Waals surface area contributed by atoms with Crippen LogP contribution in [0.5, 0.6) is 0 Å². The zero-order valence-corrected chi connectivity index (χ0v) is 10.9. The van der Waals surface area contributed by atoms with E-state index in [1.165, 1.54) is 12.1 Å². The van der Waals surface area contributed by atoms with Crippen LogP contribution in [0.1, 0.15) is 24.1 Å². The van der Waals surface area contributed by atoms with Crippen LogP contribution in [-0.4, -0.2) is 19.0 Å². The highest BCUT2D eigenvalue weighted by Gasteiger charge is 2.30. The summed E-state index contributed by atoms with van der Waals surface area (Å²) in [6.45, 7) is 2.04. The summed E-state index contributed by atoms with van der Waals surface area (Å²) in [6, 6.07) is 4.31. The van der Waals surface area contributed by atoms with Crippen molar-refractivity contribution >= 4 is 5.91 Å². The van der Waals surface area contributed by atoms with Crippen LogP contribution in [-0.2, 0) is 11.0 Å². The highest BCUT2D eigenvalue weighted by Crippen LogP contribution is 2.29. The highest BCUT2D eigenvalue weighted by atomic mass is 19.4. The maximum Gasteiger partial charge on any atom is 0.416 e. The summed E-state index contributed by atoms with van der Waals surface area (Å²) in [7, 11) is 0. The minimum absolute atomic E-state index is 0.0647. The summed E-state index contributed by atoms with van der Waals surface area (Å²) < 4.78 is 37.2. The van der Waals surface area contributed by atoms with Gasteiger partial charge in [-0.25, -0.2) is 0 Å².